The summed E-state index contributed by atoms with van der Waals surface area (Å²) in [5.74, 6) is -0.444. The van der Waals surface area contributed by atoms with Gasteiger partial charge >= 0.3 is 5.97 Å². The normalized spacial score (nSPS) is 10.7. The fourth-order valence-corrected chi connectivity index (χ4v) is 3.18. The van der Waals surface area contributed by atoms with Crippen LogP contribution in [0, 0.1) is 0 Å². The van der Waals surface area contributed by atoms with Crippen LogP contribution in [0.25, 0.3) is 10.9 Å². The summed E-state index contributed by atoms with van der Waals surface area (Å²) in [6.07, 6.45) is 4.70. The first-order valence-corrected chi connectivity index (χ1v) is 10.2. The van der Waals surface area contributed by atoms with Gasteiger partial charge in [0.05, 0.1) is 24.4 Å². The van der Waals surface area contributed by atoms with Gasteiger partial charge in [0.15, 0.2) is 0 Å². The highest BCUT2D eigenvalue weighted by Gasteiger charge is 2.18. The second kappa shape index (κ2) is 10.6. The zero-order chi connectivity index (χ0) is 20.5. The first-order valence-electron chi connectivity index (χ1n) is 10.2. The van der Waals surface area contributed by atoms with Gasteiger partial charge in [0.1, 0.15) is 5.56 Å². The van der Waals surface area contributed by atoms with Crippen LogP contribution in [0.3, 0.4) is 0 Å². The van der Waals surface area contributed by atoms with E-state index in [0.29, 0.717) is 24.3 Å². The molecule has 0 saturated carbocycles. The van der Waals surface area contributed by atoms with Crippen molar-refractivity contribution in [3.05, 3.63) is 35.5 Å². The summed E-state index contributed by atoms with van der Waals surface area (Å²) in [5, 5.41) is 4.04. The Hall–Kier alpha value is -2.63. The maximum absolute atomic E-state index is 12.5. The summed E-state index contributed by atoms with van der Waals surface area (Å²) in [7, 11) is 0. The van der Waals surface area contributed by atoms with Gasteiger partial charge in [0.25, 0.3) is 0 Å². The van der Waals surface area contributed by atoms with Crippen LogP contribution in [-0.2, 0) is 16.0 Å². The van der Waals surface area contributed by atoms with Gasteiger partial charge < -0.3 is 15.0 Å². The number of nitrogens with zero attached hydrogens (tertiary/aromatic N) is 2. The number of likely N-dealkylation sites (N-methyl/N-ethyl adjacent to an activating group) is 1. The molecule has 0 aliphatic heterocycles. The Balaban J connectivity index is 2.44. The van der Waals surface area contributed by atoms with Gasteiger partial charge in [-0.25, -0.2) is 4.79 Å². The molecule has 152 valence electrons. The molecule has 2 aromatic rings. The van der Waals surface area contributed by atoms with Gasteiger partial charge in [-0.05, 0) is 51.3 Å². The Bertz CT molecular complexity index is 816. The number of fused-ring (bicyclic) bond motifs is 1. The van der Waals surface area contributed by atoms with E-state index in [-0.39, 0.29) is 19.1 Å². The lowest BCUT2D eigenvalue weighted by molar-refractivity contribution is -0.128. The van der Waals surface area contributed by atoms with E-state index in [1.54, 1.807) is 11.8 Å². The Morgan fingerprint density at radius 3 is 2.54 bits per heavy atom. The van der Waals surface area contributed by atoms with E-state index in [1.165, 1.54) is 11.8 Å². The van der Waals surface area contributed by atoms with Crippen molar-refractivity contribution in [2.75, 3.05) is 31.6 Å². The summed E-state index contributed by atoms with van der Waals surface area (Å²) in [4.78, 5) is 31.1. The molecule has 1 heterocycles. The Kier molecular flexibility index (Phi) is 8.23. The fourth-order valence-electron chi connectivity index (χ4n) is 3.18. The SMILES string of the molecule is CCCCc1ccc2ncc(C(=O)OCC)c(NCC(=O)N(CC)CC)c2c1. The Labute approximate surface area is 167 Å². The van der Waals surface area contributed by atoms with Crippen molar-refractivity contribution in [1.29, 1.82) is 0 Å². The number of unbranched alkanes of at least 4 members (excludes halogenated alkanes) is 1. The minimum Gasteiger partial charge on any atom is -0.462 e. The van der Waals surface area contributed by atoms with Crippen molar-refractivity contribution in [3.8, 4) is 0 Å². The van der Waals surface area contributed by atoms with Crippen LogP contribution in [0.15, 0.2) is 24.4 Å². The van der Waals surface area contributed by atoms with Crippen LogP contribution in [-0.4, -0.2) is 48.0 Å². The summed E-state index contributed by atoms with van der Waals surface area (Å²) in [6.45, 7) is 9.54. The molecule has 1 amide bonds. The number of pyridine rings is 1. The van der Waals surface area contributed by atoms with Crippen molar-refractivity contribution >= 4 is 28.5 Å². The Morgan fingerprint density at radius 1 is 1.14 bits per heavy atom. The zero-order valence-corrected chi connectivity index (χ0v) is 17.4. The lowest BCUT2D eigenvalue weighted by Gasteiger charge is -2.20. The van der Waals surface area contributed by atoms with Crippen LogP contribution < -0.4 is 5.32 Å². The highest BCUT2D eigenvalue weighted by molar-refractivity contribution is 6.05. The molecule has 0 aliphatic rings. The van der Waals surface area contributed by atoms with Crippen LogP contribution in [0.5, 0.6) is 0 Å². The molecule has 0 saturated heterocycles. The first-order chi connectivity index (χ1) is 13.5. The average Bonchev–Trinajstić information content (AvgIpc) is 2.71. The molecule has 0 bridgehead atoms. The molecule has 0 spiro atoms. The van der Waals surface area contributed by atoms with Crippen molar-refractivity contribution < 1.29 is 14.3 Å². The molecule has 0 fully saturated rings. The summed E-state index contributed by atoms with van der Waals surface area (Å²) < 4.78 is 5.19. The molecule has 1 aromatic heterocycles. The molecular weight excluding hydrogens is 354 g/mol. The molecular formula is C22H31N3O3. The van der Waals surface area contributed by atoms with Crippen LogP contribution in [0.2, 0.25) is 0 Å². The van der Waals surface area contributed by atoms with Gasteiger partial charge in [-0.1, -0.05) is 19.4 Å². The second-order valence-corrected chi connectivity index (χ2v) is 6.64. The number of esters is 1. The predicted octanol–water partition coefficient (Wildman–Crippen LogP) is 4.03. The topological polar surface area (TPSA) is 71.5 Å². The zero-order valence-electron chi connectivity index (χ0n) is 17.4. The summed E-state index contributed by atoms with van der Waals surface area (Å²) in [6, 6.07) is 6.09. The number of amides is 1. The Morgan fingerprint density at radius 2 is 1.89 bits per heavy atom. The van der Waals surface area contributed by atoms with Crippen molar-refractivity contribution in [3.63, 3.8) is 0 Å². The van der Waals surface area contributed by atoms with E-state index in [2.05, 4.69) is 29.4 Å². The molecule has 1 N–H and O–H groups in total. The number of carbonyl (C=O) groups excluding carboxylic acids is 2. The van der Waals surface area contributed by atoms with Crippen LogP contribution in [0.4, 0.5) is 5.69 Å². The monoisotopic (exact) mass is 385 g/mol. The maximum Gasteiger partial charge on any atom is 0.341 e. The number of benzene rings is 1. The first kappa shape index (κ1) is 21.7. The molecule has 0 unspecified atom stereocenters. The number of aryl methyl sites for hydroxylation is 1. The minimum absolute atomic E-state index is 0.00749. The third kappa shape index (κ3) is 5.21. The van der Waals surface area contributed by atoms with Crippen LogP contribution in [0.1, 0.15) is 56.5 Å². The number of carbonyl (C=O) groups is 2. The number of nitrogens with one attached hydrogen (secondary N) is 1. The van der Waals surface area contributed by atoms with E-state index in [1.807, 2.05) is 19.9 Å². The largest absolute Gasteiger partial charge is 0.462 e. The molecule has 0 aliphatic carbocycles. The van der Waals surface area contributed by atoms with Gasteiger partial charge in [-0.2, -0.15) is 0 Å². The number of aromatic nitrogens is 1. The van der Waals surface area contributed by atoms with Crippen molar-refractivity contribution in [2.45, 2.75) is 47.0 Å². The molecule has 6 nitrogen and oxygen atoms in total. The van der Waals surface area contributed by atoms with Gasteiger partial charge in [0, 0.05) is 24.7 Å². The average molecular weight is 386 g/mol. The maximum atomic E-state index is 12.5. The molecule has 0 atom stereocenters. The van der Waals surface area contributed by atoms with E-state index in [9.17, 15) is 9.59 Å². The molecule has 6 heteroatoms. The van der Waals surface area contributed by atoms with Crippen molar-refractivity contribution in [2.24, 2.45) is 0 Å². The quantitative estimate of drug-likeness (QED) is 0.625. The van der Waals surface area contributed by atoms with E-state index >= 15 is 0 Å². The van der Waals surface area contributed by atoms with Gasteiger partial charge in [-0.15, -0.1) is 0 Å². The highest BCUT2D eigenvalue weighted by atomic mass is 16.5. The molecule has 2 rings (SSSR count). The second-order valence-electron chi connectivity index (χ2n) is 6.64. The predicted molar refractivity (Wildman–Crippen MR) is 113 cm³/mol. The highest BCUT2D eigenvalue weighted by Crippen LogP contribution is 2.28. The number of hydrogen-bond donors (Lipinski definition) is 1. The van der Waals surface area contributed by atoms with Crippen LogP contribution >= 0.6 is 0 Å². The number of rotatable bonds is 10. The number of hydrogen-bond acceptors (Lipinski definition) is 5. The standard InChI is InChI=1S/C22H31N3O3/c1-5-9-10-16-11-12-19-17(13-16)21(18(14-23-19)22(27)28-8-4)24-15-20(26)25(6-2)7-3/h11-14H,5-10,15H2,1-4H3,(H,23,24). The number of ether oxygens (including phenoxy) is 1. The summed E-state index contributed by atoms with van der Waals surface area (Å²) in [5.41, 5.74) is 2.94. The summed E-state index contributed by atoms with van der Waals surface area (Å²) >= 11 is 0. The minimum atomic E-state index is -0.436. The van der Waals surface area contributed by atoms with E-state index in [0.717, 1.165) is 30.2 Å². The molecule has 0 radical (unpaired) electrons. The van der Waals surface area contributed by atoms with E-state index < -0.39 is 5.97 Å². The third-order valence-electron chi connectivity index (χ3n) is 4.78. The lowest BCUT2D eigenvalue weighted by atomic mass is 10.0. The fraction of sp³-hybridized carbons (Fsp3) is 0.500. The lowest BCUT2D eigenvalue weighted by Crippen LogP contribution is -2.35. The van der Waals surface area contributed by atoms with Crippen molar-refractivity contribution in [1.82, 2.24) is 9.88 Å². The third-order valence-corrected chi connectivity index (χ3v) is 4.78. The molecule has 1 aromatic carbocycles. The molecule has 28 heavy (non-hydrogen) atoms. The van der Waals surface area contributed by atoms with E-state index in [4.69, 9.17) is 4.74 Å². The number of anilines is 1. The smallest absolute Gasteiger partial charge is 0.341 e. The van der Waals surface area contributed by atoms with Gasteiger partial charge in [-0.3, -0.25) is 9.78 Å². The van der Waals surface area contributed by atoms with Gasteiger partial charge in [0.2, 0.25) is 5.91 Å².